The molecule has 0 saturated heterocycles. The highest BCUT2D eigenvalue weighted by molar-refractivity contribution is 8.04. The Kier molecular flexibility index (Phi) is 9.91. The Morgan fingerprint density at radius 2 is 2.00 bits per heavy atom. The van der Waals surface area contributed by atoms with Crippen LogP contribution in [-0.4, -0.2) is 44.2 Å². The zero-order valence-electron chi connectivity index (χ0n) is 20.1. The first-order valence-corrected chi connectivity index (χ1v) is 12.6. The first-order valence-electron chi connectivity index (χ1n) is 10.9. The number of esters is 1. The molecular formula is C26H35NO4S2. The molecule has 0 aromatic carbocycles. The minimum absolute atomic E-state index is 0.160. The Bertz CT molecular complexity index is 971. The number of thioether (sulfide) groups is 1. The normalized spacial score (nSPS) is 28.7. The molecule has 0 bridgehead atoms. The molecular weight excluding hydrogens is 454 g/mol. The molecule has 33 heavy (non-hydrogen) atoms. The number of rotatable bonds is 2. The number of aryl methyl sites for hydroxylation is 1. The van der Waals surface area contributed by atoms with E-state index in [2.05, 4.69) is 18.1 Å². The third kappa shape index (κ3) is 8.41. The summed E-state index contributed by atoms with van der Waals surface area (Å²) in [7, 11) is 0. The zero-order chi connectivity index (χ0) is 24.8. The fraction of sp³-hybridized carbons (Fsp3) is 0.462. The van der Waals surface area contributed by atoms with Crippen LogP contribution in [0.25, 0.3) is 6.08 Å². The fourth-order valence-corrected chi connectivity index (χ4v) is 4.99. The van der Waals surface area contributed by atoms with E-state index in [1.807, 2.05) is 58.2 Å². The molecule has 1 aliphatic rings. The van der Waals surface area contributed by atoms with Crippen molar-refractivity contribution in [3.05, 3.63) is 69.1 Å². The second-order valence-electron chi connectivity index (χ2n) is 8.92. The molecule has 3 atom stereocenters. The number of hydrogen-bond donors (Lipinski definition) is 2. The van der Waals surface area contributed by atoms with Crippen LogP contribution in [0.15, 0.2) is 58.4 Å². The number of allylic oxidation sites excluding steroid dienone is 2. The third-order valence-electron chi connectivity index (χ3n) is 5.46. The van der Waals surface area contributed by atoms with Crippen molar-refractivity contribution in [3.8, 4) is 0 Å². The molecule has 2 N–H and O–H groups in total. The maximum absolute atomic E-state index is 12.8. The van der Waals surface area contributed by atoms with Gasteiger partial charge in [0.05, 0.1) is 23.2 Å². The number of aromatic nitrogens is 1. The van der Waals surface area contributed by atoms with Gasteiger partial charge in [-0.05, 0) is 58.3 Å². The first-order chi connectivity index (χ1) is 15.4. The van der Waals surface area contributed by atoms with Gasteiger partial charge in [0.1, 0.15) is 12.2 Å². The van der Waals surface area contributed by atoms with Crippen LogP contribution >= 0.6 is 23.1 Å². The lowest BCUT2D eigenvalue weighted by molar-refractivity contribution is -0.149. The van der Waals surface area contributed by atoms with Crippen LogP contribution in [0.4, 0.5) is 0 Å². The smallest absolute Gasteiger partial charge is 0.309 e. The number of cyclic esters (lactones) is 1. The number of carbonyl (C=O) groups excluding carboxylic acids is 1. The van der Waals surface area contributed by atoms with E-state index in [1.54, 1.807) is 17.4 Å². The minimum atomic E-state index is -0.987. The summed E-state index contributed by atoms with van der Waals surface area (Å²) in [6, 6.07) is 0. The van der Waals surface area contributed by atoms with Crippen molar-refractivity contribution in [2.75, 3.05) is 0 Å². The molecule has 5 nitrogen and oxygen atoms in total. The monoisotopic (exact) mass is 489 g/mol. The Balaban J connectivity index is 2.33. The topological polar surface area (TPSA) is 79.7 Å². The Labute approximate surface area is 205 Å². The largest absolute Gasteiger partial charge is 0.457 e. The van der Waals surface area contributed by atoms with E-state index in [0.717, 1.165) is 21.8 Å². The van der Waals surface area contributed by atoms with Crippen molar-refractivity contribution < 1.29 is 19.7 Å². The van der Waals surface area contributed by atoms with Crippen LogP contribution < -0.4 is 0 Å². The van der Waals surface area contributed by atoms with Gasteiger partial charge >= 0.3 is 5.97 Å². The summed E-state index contributed by atoms with van der Waals surface area (Å²) in [5, 5.41) is 24.3. The van der Waals surface area contributed by atoms with Gasteiger partial charge in [-0.1, -0.05) is 37.0 Å². The van der Waals surface area contributed by atoms with E-state index < -0.39 is 29.0 Å². The number of thiazole rings is 1. The molecule has 1 aromatic heterocycles. The standard InChI is InChI=1S/C26H35NO4S2/c1-16-9-8-10-17(2)25(30)19(4)33-26(6,7)23(28)14-24(29)31-22(12-11-16)18(3)13-21-15-32-20(5)27-21/h8,10-11,13,15,22-23,25,28,30H,2,4,9,12,14H2,1,3,5-7H3/b10-8-,16-11-,18-13+/t22-,23-,25-/m0/s1. The lowest BCUT2D eigenvalue weighted by Crippen LogP contribution is -2.36. The molecule has 0 radical (unpaired) electrons. The number of aliphatic hydroxyl groups is 2. The molecule has 0 fully saturated rings. The second-order valence-corrected chi connectivity index (χ2v) is 11.8. The highest BCUT2D eigenvalue weighted by atomic mass is 32.2. The number of carbonyl (C=O) groups is 1. The van der Waals surface area contributed by atoms with Crippen molar-refractivity contribution in [2.45, 2.75) is 76.9 Å². The SMILES string of the molecule is C=C1/C=C\C/C(C)=C\C[C@@H](/C(C)=C/c2csc(C)n2)OC(=O)C[C@H](O)C(C)(C)SC(=C)[C@H]1O. The van der Waals surface area contributed by atoms with E-state index in [0.29, 0.717) is 23.3 Å². The van der Waals surface area contributed by atoms with Crippen molar-refractivity contribution in [1.29, 1.82) is 0 Å². The molecule has 180 valence electrons. The lowest BCUT2D eigenvalue weighted by atomic mass is 10.0. The van der Waals surface area contributed by atoms with E-state index in [-0.39, 0.29) is 6.42 Å². The van der Waals surface area contributed by atoms with Crippen LogP contribution in [0.3, 0.4) is 0 Å². The van der Waals surface area contributed by atoms with Crippen LogP contribution in [0.1, 0.15) is 57.7 Å². The molecule has 1 aromatic rings. The summed E-state index contributed by atoms with van der Waals surface area (Å²) in [5.74, 6) is -0.475. The summed E-state index contributed by atoms with van der Waals surface area (Å²) in [4.78, 5) is 17.7. The number of ether oxygens (including phenoxy) is 1. The van der Waals surface area contributed by atoms with E-state index in [4.69, 9.17) is 4.74 Å². The van der Waals surface area contributed by atoms with Gasteiger partial charge in [0.2, 0.25) is 0 Å². The van der Waals surface area contributed by atoms with Crippen LogP contribution in [-0.2, 0) is 9.53 Å². The summed E-state index contributed by atoms with van der Waals surface area (Å²) in [6.45, 7) is 17.4. The average Bonchev–Trinajstić information content (AvgIpc) is 3.13. The Morgan fingerprint density at radius 1 is 1.30 bits per heavy atom. The van der Waals surface area contributed by atoms with Gasteiger partial charge in [0, 0.05) is 21.5 Å². The predicted octanol–water partition coefficient (Wildman–Crippen LogP) is 5.76. The molecule has 2 heterocycles. The third-order valence-corrected chi connectivity index (χ3v) is 7.53. The molecule has 0 amide bonds. The van der Waals surface area contributed by atoms with Crippen molar-refractivity contribution >= 4 is 35.1 Å². The maximum Gasteiger partial charge on any atom is 0.309 e. The van der Waals surface area contributed by atoms with Crippen molar-refractivity contribution in [1.82, 2.24) is 4.98 Å². The molecule has 7 heteroatoms. The van der Waals surface area contributed by atoms with Gasteiger partial charge in [-0.3, -0.25) is 4.79 Å². The van der Waals surface area contributed by atoms with Gasteiger partial charge in [-0.15, -0.1) is 23.1 Å². The molecule has 0 spiro atoms. The van der Waals surface area contributed by atoms with Crippen molar-refractivity contribution in [3.63, 3.8) is 0 Å². The first kappa shape index (κ1) is 27.3. The summed E-state index contributed by atoms with van der Waals surface area (Å²) in [6.07, 6.45) is 6.40. The van der Waals surface area contributed by atoms with E-state index in [9.17, 15) is 15.0 Å². The highest BCUT2D eigenvalue weighted by Gasteiger charge is 2.34. The number of aliphatic hydroxyl groups excluding tert-OH is 2. The molecule has 2 rings (SSSR count). The van der Waals surface area contributed by atoms with E-state index in [1.165, 1.54) is 11.8 Å². The van der Waals surface area contributed by atoms with Gasteiger partial charge in [-0.25, -0.2) is 4.98 Å². The average molecular weight is 490 g/mol. The van der Waals surface area contributed by atoms with Crippen molar-refractivity contribution in [2.24, 2.45) is 0 Å². The van der Waals surface area contributed by atoms with Crippen LogP contribution in [0.5, 0.6) is 0 Å². The summed E-state index contributed by atoms with van der Waals surface area (Å²) in [5.41, 5.74) is 3.37. The quantitative estimate of drug-likeness (QED) is 0.406. The molecule has 1 aliphatic heterocycles. The van der Waals surface area contributed by atoms with Crippen LogP contribution in [0.2, 0.25) is 0 Å². The van der Waals surface area contributed by atoms with Crippen LogP contribution in [0, 0.1) is 6.92 Å². The van der Waals surface area contributed by atoms with Gasteiger partial charge in [-0.2, -0.15) is 0 Å². The zero-order valence-corrected chi connectivity index (χ0v) is 21.8. The second kappa shape index (κ2) is 12.0. The number of hydrogen-bond acceptors (Lipinski definition) is 7. The maximum atomic E-state index is 12.8. The van der Waals surface area contributed by atoms with E-state index >= 15 is 0 Å². The highest BCUT2D eigenvalue weighted by Crippen LogP contribution is 2.38. The Morgan fingerprint density at radius 3 is 2.64 bits per heavy atom. The minimum Gasteiger partial charge on any atom is -0.457 e. The van der Waals surface area contributed by atoms with Gasteiger partial charge < -0.3 is 14.9 Å². The Hall–Kier alpha value is -1.93. The van der Waals surface area contributed by atoms with Gasteiger partial charge in [0.15, 0.2) is 0 Å². The lowest BCUT2D eigenvalue weighted by Gasteiger charge is -2.32. The molecule has 0 unspecified atom stereocenters. The van der Waals surface area contributed by atoms with Gasteiger partial charge in [0.25, 0.3) is 0 Å². The fourth-order valence-electron chi connectivity index (χ4n) is 3.26. The molecule has 0 saturated carbocycles. The molecule has 0 aliphatic carbocycles. The predicted molar refractivity (Wildman–Crippen MR) is 139 cm³/mol. The summed E-state index contributed by atoms with van der Waals surface area (Å²) >= 11 is 2.82. The summed E-state index contributed by atoms with van der Waals surface area (Å²) < 4.78 is 5.06. The number of nitrogens with zero attached hydrogens (tertiary/aromatic N) is 1.